The third kappa shape index (κ3) is 2.36. The topological polar surface area (TPSA) is 77.5 Å². The van der Waals surface area contributed by atoms with Crippen LogP contribution in [-0.4, -0.2) is 28.7 Å². The monoisotopic (exact) mass is 388 g/mol. The van der Waals surface area contributed by atoms with E-state index in [1.54, 1.807) is 0 Å². The molecule has 2 aromatic carbocycles. The number of imide groups is 1. The minimum Gasteiger partial charge on any atom is -0.548 e. The number of amides is 2. The Labute approximate surface area is 169 Å². The number of aliphatic carboxylic acids is 1. The maximum atomic E-state index is 13.5. The van der Waals surface area contributed by atoms with Gasteiger partial charge in [0.05, 0.1) is 23.8 Å². The molecule has 5 nitrogen and oxygen atoms in total. The van der Waals surface area contributed by atoms with Gasteiger partial charge in [0.1, 0.15) is 0 Å². The molecule has 2 bridgehead atoms. The number of carbonyl (C=O) groups is 3. The van der Waals surface area contributed by atoms with Crippen LogP contribution in [0.3, 0.4) is 0 Å². The number of hydrogen-bond acceptors (Lipinski definition) is 4. The third-order valence-electron chi connectivity index (χ3n) is 6.76. The molecule has 29 heavy (non-hydrogen) atoms. The first-order valence-electron chi connectivity index (χ1n) is 10.2. The Morgan fingerprint density at radius 3 is 1.55 bits per heavy atom. The maximum absolute atomic E-state index is 13.5. The molecule has 0 unspecified atom stereocenters. The summed E-state index contributed by atoms with van der Waals surface area (Å²) in [6, 6.07) is 14.7. The highest BCUT2D eigenvalue weighted by Crippen LogP contribution is 2.61. The summed E-state index contributed by atoms with van der Waals surface area (Å²) in [4.78, 5) is 39.9. The second-order valence-corrected chi connectivity index (χ2v) is 8.78. The van der Waals surface area contributed by atoms with Crippen molar-refractivity contribution >= 4 is 17.8 Å². The SMILES string of the molecule is CC(C)C[C@@H](C(=O)[O-])N1C(=O)[C@@H]2C3c4ccccc4C(c4ccccc43)[C@@H]2C1=O. The van der Waals surface area contributed by atoms with Gasteiger partial charge in [-0.25, -0.2) is 0 Å². The van der Waals surface area contributed by atoms with Gasteiger partial charge in [-0.05, 0) is 34.6 Å². The molecule has 0 spiro atoms. The van der Waals surface area contributed by atoms with Crippen molar-refractivity contribution < 1.29 is 19.5 Å². The van der Waals surface area contributed by atoms with Gasteiger partial charge in [-0.3, -0.25) is 14.5 Å². The van der Waals surface area contributed by atoms with E-state index in [0.717, 1.165) is 27.2 Å². The molecule has 2 aromatic rings. The minimum absolute atomic E-state index is 0.0206. The molecule has 3 aliphatic carbocycles. The normalized spacial score (nSPS) is 27.6. The van der Waals surface area contributed by atoms with Gasteiger partial charge in [0.25, 0.3) is 0 Å². The molecule has 2 amide bonds. The summed E-state index contributed by atoms with van der Waals surface area (Å²) in [5.74, 6) is -3.62. The van der Waals surface area contributed by atoms with Crippen LogP contribution in [0.25, 0.3) is 0 Å². The Bertz CT molecular complexity index is 927. The van der Waals surface area contributed by atoms with E-state index < -0.39 is 23.8 Å². The van der Waals surface area contributed by atoms with E-state index in [4.69, 9.17) is 0 Å². The Hall–Kier alpha value is -2.95. The van der Waals surface area contributed by atoms with Crippen molar-refractivity contribution in [2.75, 3.05) is 0 Å². The van der Waals surface area contributed by atoms with Gasteiger partial charge in [-0.2, -0.15) is 0 Å². The van der Waals surface area contributed by atoms with Crippen molar-refractivity contribution in [3.8, 4) is 0 Å². The van der Waals surface area contributed by atoms with E-state index in [9.17, 15) is 19.5 Å². The molecule has 1 aliphatic heterocycles. The summed E-state index contributed by atoms with van der Waals surface area (Å²) in [5, 5.41) is 11.9. The Morgan fingerprint density at radius 1 is 0.862 bits per heavy atom. The summed E-state index contributed by atoms with van der Waals surface area (Å²) in [7, 11) is 0. The van der Waals surface area contributed by atoms with Gasteiger partial charge in [-0.1, -0.05) is 62.4 Å². The van der Waals surface area contributed by atoms with Crippen LogP contribution in [0, 0.1) is 17.8 Å². The van der Waals surface area contributed by atoms with Crippen molar-refractivity contribution in [1.82, 2.24) is 4.90 Å². The van der Waals surface area contributed by atoms with E-state index in [1.807, 2.05) is 62.4 Å². The zero-order valence-electron chi connectivity index (χ0n) is 16.4. The molecule has 1 fully saturated rings. The maximum Gasteiger partial charge on any atom is 0.234 e. The molecule has 4 aliphatic rings. The second kappa shape index (κ2) is 6.28. The van der Waals surface area contributed by atoms with Gasteiger partial charge < -0.3 is 9.90 Å². The van der Waals surface area contributed by atoms with Gasteiger partial charge >= 0.3 is 0 Å². The van der Waals surface area contributed by atoms with Crippen molar-refractivity contribution in [3.63, 3.8) is 0 Å². The highest BCUT2D eigenvalue weighted by Gasteiger charge is 2.62. The van der Waals surface area contributed by atoms with Crippen LogP contribution in [0.15, 0.2) is 48.5 Å². The molecule has 0 N–H and O–H groups in total. The van der Waals surface area contributed by atoms with Crippen molar-refractivity contribution in [3.05, 3.63) is 70.8 Å². The molecule has 3 atom stereocenters. The van der Waals surface area contributed by atoms with Crippen LogP contribution < -0.4 is 5.11 Å². The number of hydrogen-bond donors (Lipinski definition) is 0. The number of likely N-dealkylation sites (tertiary alicyclic amines) is 1. The fourth-order valence-corrected chi connectivity index (χ4v) is 5.76. The molecule has 1 heterocycles. The number of carbonyl (C=O) groups excluding carboxylic acids is 3. The van der Waals surface area contributed by atoms with Gasteiger partial charge in [-0.15, -0.1) is 0 Å². The predicted octanol–water partition coefficient (Wildman–Crippen LogP) is 2.04. The van der Waals surface area contributed by atoms with Crippen LogP contribution in [0.1, 0.15) is 54.4 Å². The van der Waals surface area contributed by atoms with Crippen LogP contribution in [0.2, 0.25) is 0 Å². The van der Waals surface area contributed by atoms with E-state index >= 15 is 0 Å². The fraction of sp³-hybridized carbons (Fsp3) is 0.375. The predicted molar refractivity (Wildman–Crippen MR) is 104 cm³/mol. The molecule has 148 valence electrons. The van der Waals surface area contributed by atoms with E-state index in [0.29, 0.717) is 0 Å². The average Bonchev–Trinajstić information content (AvgIpc) is 2.97. The van der Waals surface area contributed by atoms with Crippen LogP contribution in [0.4, 0.5) is 0 Å². The molecule has 0 aromatic heterocycles. The summed E-state index contributed by atoms with van der Waals surface area (Å²) in [6.45, 7) is 3.76. The molecular weight excluding hydrogens is 366 g/mol. The zero-order chi connectivity index (χ0) is 20.4. The smallest absolute Gasteiger partial charge is 0.234 e. The standard InChI is InChI=1S/C24H23NO4/c1-12(2)11-17(24(28)29)25-22(26)20-18-13-7-3-4-8-14(13)19(21(20)23(25)27)16-10-6-5-9-15(16)18/h3-10,12,17-21H,11H2,1-2H3,(H,28,29)/p-1/t17-,18?,19?,20-,21+/m0/s1. The Morgan fingerprint density at radius 2 is 1.24 bits per heavy atom. The average molecular weight is 388 g/mol. The first-order valence-corrected chi connectivity index (χ1v) is 10.2. The summed E-state index contributed by atoms with van der Waals surface area (Å²) in [5.41, 5.74) is 4.31. The lowest BCUT2D eigenvalue weighted by atomic mass is 9.55. The highest BCUT2D eigenvalue weighted by atomic mass is 16.4. The molecule has 6 rings (SSSR count). The van der Waals surface area contributed by atoms with Gasteiger partial charge in [0.2, 0.25) is 11.8 Å². The largest absolute Gasteiger partial charge is 0.548 e. The third-order valence-corrected chi connectivity index (χ3v) is 6.76. The molecule has 5 heteroatoms. The summed E-state index contributed by atoms with van der Waals surface area (Å²) >= 11 is 0. The van der Waals surface area contributed by atoms with E-state index in [2.05, 4.69) is 0 Å². The Kier molecular flexibility index (Phi) is 3.92. The Balaban J connectivity index is 1.67. The molecule has 1 saturated heterocycles. The minimum atomic E-state index is -1.36. The summed E-state index contributed by atoms with van der Waals surface area (Å²) < 4.78 is 0. The first kappa shape index (κ1) is 18.1. The zero-order valence-corrected chi connectivity index (χ0v) is 16.4. The summed E-state index contributed by atoms with van der Waals surface area (Å²) in [6.07, 6.45) is 0.203. The van der Waals surface area contributed by atoms with E-state index in [-0.39, 0.29) is 36.0 Å². The molecular formula is C24H22NO4-. The van der Waals surface area contributed by atoms with E-state index in [1.165, 1.54) is 0 Å². The van der Waals surface area contributed by atoms with Crippen molar-refractivity contribution in [2.24, 2.45) is 17.8 Å². The molecule has 0 radical (unpaired) electrons. The van der Waals surface area contributed by atoms with Crippen LogP contribution in [-0.2, 0) is 14.4 Å². The number of carboxylic acids is 1. The van der Waals surface area contributed by atoms with Gasteiger partial charge in [0.15, 0.2) is 0 Å². The lowest BCUT2D eigenvalue weighted by Gasteiger charge is -2.45. The number of benzene rings is 2. The van der Waals surface area contributed by atoms with Crippen LogP contribution >= 0.6 is 0 Å². The highest BCUT2D eigenvalue weighted by molar-refractivity contribution is 6.09. The van der Waals surface area contributed by atoms with Crippen molar-refractivity contribution in [2.45, 2.75) is 38.1 Å². The van der Waals surface area contributed by atoms with Crippen LogP contribution in [0.5, 0.6) is 0 Å². The molecule has 0 saturated carbocycles. The van der Waals surface area contributed by atoms with Crippen molar-refractivity contribution in [1.29, 1.82) is 0 Å². The number of carboxylic acid groups (broad SMARTS) is 1. The lowest BCUT2D eigenvalue weighted by molar-refractivity contribution is -0.311. The lowest BCUT2D eigenvalue weighted by Crippen LogP contribution is -2.51. The fourth-order valence-electron chi connectivity index (χ4n) is 5.76. The number of nitrogens with zero attached hydrogens (tertiary/aromatic N) is 1. The van der Waals surface area contributed by atoms with Gasteiger partial charge in [0, 0.05) is 11.8 Å². The quantitative estimate of drug-likeness (QED) is 0.751. The first-order chi connectivity index (χ1) is 13.9. The number of rotatable bonds is 4. The second-order valence-electron chi connectivity index (χ2n) is 8.78.